The second-order valence-corrected chi connectivity index (χ2v) is 11.8. The second kappa shape index (κ2) is 14.4. The van der Waals surface area contributed by atoms with Crippen molar-refractivity contribution >= 4 is 52.6 Å². The normalized spacial score (nSPS) is 11.8. The molecule has 0 bridgehead atoms. The number of carbonyl (C=O) groups excluding carboxylic acids is 3. The van der Waals surface area contributed by atoms with Crippen LogP contribution in [0.1, 0.15) is 34.0 Å². The van der Waals surface area contributed by atoms with E-state index in [1.807, 2.05) is 106 Å². The molecule has 0 saturated carbocycles. The van der Waals surface area contributed by atoms with Crippen LogP contribution >= 0.6 is 11.8 Å². The highest BCUT2D eigenvalue weighted by molar-refractivity contribution is 8.00. The number of nitrogens with zero attached hydrogens (tertiary/aromatic N) is 1. The molecule has 7 nitrogen and oxygen atoms in total. The summed E-state index contributed by atoms with van der Waals surface area (Å²) in [6.45, 7) is 5.84. The summed E-state index contributed by atoms with van der Waals surface area (Å²) >= 11 is 1.39. The van der Waals surface area contributed by atoms with Crippen LogP contribution in [0.4, 0.5) is 17.1 Å². The van der Waals surface area contributed by atoms with Gasteiger partial charge in [-0.25, -0.2) is 0 Å². The van der Waals surface area contributed by atoms with E-state index in [2.05, 4.69) is 16.0 Å². The summed E-state index contributed by atoms with van der Waals surface area (Å²) in [7, 11) is 3.91. The van der Waals surface area contributed by atoms with Gasteiger partial charge < -0.3 is 20.9 Å². The lowest BCUT2D eigenvalue weighted by atomic mass is 10.1. The summed E-state index contributed by atoms with van der Waals surface area (Å²) in [6, 6.07) is 29.5. The smallest absolute Gasteiger partial charge is 0.272 e. The Labute approximate surface area is 257 Å². The third-order valence-electron chi connectivity index (χ3n) is 6.89. The predicted octanol–water partition coefficient (Wildman–Crippen LogP) is 6.90. The molecule has 0 spiro atoms. The summed E-state index contributed by atoms with van der Waals surface area (Å²) < 4.78 is 0. The number of hydrogen-bond donors (Lipinski definition) is 3. The maximum absolute atomic E-state index is 13.5. The summed E-state index contributed by atoms with van der Waals surface area (Å²) in [5.41, 5.74) is 5.81. The molecule has 4 aromatic rings. The Morgan fingerprint density at radius 2 is 1.51 bits per heavy atom. The fourth-order valence-corrected chi connectivity index (χ4v) is 5.13. The van der Waals surface area contributed by atoms with Crippen LogP contribution in [-0.4, -0.2) is 37.1 Å². The molecule has 0 aliphatic carbocycles. The van der Waals surface area contributed by atoms with Gasteiger partial charge in [-0.3, -0.25) is 14.4 Å². The van der Waals surface area contributed by atoms with Crippen molar-refractivity contribution in [2.24, 2.45) is 0 Å². The molecule has 8 heteroatoms. The molecule has 1 atom stereocenters. The van der Waals surface area contributed by atoms with Gasteiger partial charge in [-0.2, -0.15) is 0 Å². The zero-order valence-electron chi connectivity index (χ0n) is 25.0. The van der Waals surface area contributed by atoms with Crippen LogP contribution < -0.4 is 20.9 Å². The number of nitrogens with one attached hydrogen (secondary N) is 3. The fourth-order valence-electron chi connectivity index (χ4n) is 4.20. The van der Waals surface area contributed by atoms with Gasteiger partial charge in [0.2, 0.25) is 5.91 Å². The monoisotopic (exact) mass is 592 g/mol. The summed E-state index contributed by atoms with van der Waals surface area (Å²) in [6.07, 6.45) is 1.65. The van der Waals surface area contributed by atoms with E-state index in [9.17, 15) is 14.4 Å². The van der Waals surface area contributed by atoms with Crippen LogP contribution in [0.3, 0.4) is 0 Å². The number of anilines is 3. The molecular formula is C35H36N4O3S. The van der Waals surface area contributed by atoms with E-state index >= 15 is 0 Å². The van der Waals surface area contributed by atoms with Gasteiger partial charge in [0.1, 0.15) is 5.70 Å². The van der Waals surface area contributed by atoms with Crippen LogP contribution in [0, 0.1) is 13.8 Å². The van der Waals surface area contributed by atoms with Crippen molar-refractivity contribution in [2.75, 3.05) is 29.6 Å². The first-order chi connectivity index (χ1) is 20.6. The highest BCUT2D eigenvalue weighted by atomic mass is 32.2. The molecule has 4 aromatic carbocycles. The van der Waals surface area contributed by atoms with Gasteiger partial charge in [0.15, 0.2) is 0 Å². The summed E-state index contributed by atoms with van der Waals surface area (Å²) in [4.78, 5) is 42.2. The number of carbonyl (C=O) groups is 3. The average Bonchev–Trinajstić information content (AvgIpc) is 3.00. The number of amides is 3. The first kappa shape index (κ1) is 31.1. The predicted molar refractivity (Wildman–Crippen MR) is 178 cm³/mol. The van der Waals surface area contributed by atoms with Gasteiger partial charge in [0.25, 0.3) is 11.8 Å². The molecule has 0 fully saturated rings. The standard InChI is InChI=1S/C35H36N4O3S/c1-23-11-9-16-31(24(23)2)37-33(40)25(3)43-30-15-10-14-28(22-30)36-35(42)32(38-34(41)27-12-7-6-8-13-27)21-26-17-19-29(20-18-26)39(4)5/h6-22,25H,1-5H3,(H,36,42)(H,37,40)(H,38,41)/b32-21+. The molecule has 220 valence electrons. The molecule has 43 heavy (non-hydrogen) atoms. The maximum Gasteiger partial charge on any atom is 0.272 e. The molecule has 0 saturated heterocycles. The first-order valence-electron chi connectivity index (χ1n) is 13.9. The Morgan fingerprint density at radius 1 is 0.814 bits per heavy atom. The number of aryl methyl sites for hydroxylation is 1. The molecule has 3 N–H and O–H groups in total. The Bertz CT molecular complexity index is 1630. The van der Waals surface area contributed by atoms with E-state index < -0.39 is 5.91 Å². The molecule has 0 aromatic heterocycles. The van der Waals surface area contributed by atoms with Gasteiger partial charge in [-0.1, -0.05) is 48.5 Å². The van der Waals surface area contributed by atoms with Gasteiger partial charge in [0, 0.05) is 41.6 Å². The van der Waals surface area contributed by atoms with E-state index in [1.54, 1.807) is 36.4 Å². The average molecular weight is 593 g/mol. The Balaban J connectivity index is 1.50. The maximum atomic E-state index is 13.5. The van der Waals surface area contributed by atoms with Gasteiger partial charge in [0.05, 0.1) is 5.25 Å². The minimum atomic E-state index is -0.469. The number of benzene rings is 4. The lowest BCUT2D eigenvalue weighted by molar-refractivity contribution is -0.115. The zero-order chi connectivity index (χ0) is 30.9. The van der Waals surface area contributed by atoms with Crippen LogP contribution in [0.25, 0.3) is 6.08 Å². The molecule has 0 radical (unpaired) electrons. The molecule has 4 rings (SSSR count). The second-order valence-electron chi connectivity index (χ2n) is 10.3. The van der Waals surface area contributed by atoms with Crippen molar-refractivity contribution in [2.45, 2.75) is 30.9 Å². The van der Waals surface area contributed by atoms with Crippen molar-refractivity contribution in [1.29, 1.82) is 0 Å². The number of hydrogen-bond acceptors (Lipinski definition) is 5. The fraction of sp³-hybridized carbons (Fsp3) is 0.171. The lowest BCUT2D eigenvalue weighted by Crippen LogP contribution is -2.30. The van der Waals surface area contributed by atoms with Crippen molar-refractivity contribution in [1.82, 2.24) is 5.32 Å². The van der Waals surface area contributed by atoms with Crippen molar-refractivity contribution in [3.05, 3.63) is 125 Å². The van der Waals surface area contributed by atoms with E-state index in [4.69, 9.17) is 0 Å². The number of thioether (sulfide) groups is 1. The minimum absolute atomic E-state index is 0.103. The first-order valence-corrected chi connectivity index (χ1v) is 14.8. The van der Waals surface area contributed by atoms with Gasteiger partial charge >= 0.3 is 0 Å². The molecular weight excluding hydrogens is 556 g/mol. The SMILES string of the molecule is Cc1cccc(NC(=O)C(C)Sc2cccc(NC(=O)/C(=C\c3ccc(N(C)C)cc3)NC(=O)c3ccccc3)c2)c1C. The van der Waals surface area contributed by atoms with Crippen LogP contribution in [0.2, 0.25) is 0 Å². The van der Waals surface area contributed by atoms with E-state index in [0.29, 0.717) is 11.3 Å². The van der Waals surface area contributed by atoms with E-state index in [-0.39, 0.29) is 22.8 Å². The summed E-state index contributed by atoms with van der Waals surface area (Å²) in [5.74, 6) is -0.967. The van der Waals surface area contributed by atoms with Gasteiger partial charge in [-0.05, 0) is 92.1 Å². The van der Waals surface area contributed by atoms with E-state index in [0.717, 1.165) is 33.0 Å². The molecule has 3 amide bonds. The molecule has 0 heterocycles. The summed E-state index contributed by atoms with van der Waals surface area (Å²) in [5, 5.41) is 8.31. The lowest BCUT2D eigenvalue weighted by Gasteiger charge is -2.15. The largest absolute Gasteiger partial charge is 0.378 e. The Kier molecular flexibility index (Phi) is 10.4. The topological polar surface area (TPSA) is 90.5 Å². The molecule has 0 aliphatic heterocycles. The van der Waals surface area contributed by atoms with Crippen LogP contribution in [0.5, 0.6) is 0 Å². The molecule has 0 aliphatic rings. The van der Waals surface area contributed by atoms with Gasteiger partial charge in [-0.15, -0.1) is 11.8 Å². The van der Waals surface area contributed by atoms with Crippen molar-refractivity contribution in [3.63, 3.8) is 0 Å². The highest BCUT2D eigenvalue weighted by Crippen LogP contribution is 2.28. The van der Waals surface area contributed by atoms with E-state index in [1.165, 1.54) is 11.8 Å². The Hall–Kier alpha value is -4.82. The quantitative estimate of drug-likeness (QED) is 0.138. The Morgan fingerprint density at radius 3 is 2.21 bits per heavy atom. The minimum Gasteiger partial charge on any atom is -0.378 e. The van der Waals surface area contributed by atoms with Crippen molar-refractivity contribution in [3.8, 4) is 0 Å². The third-order valence-corrected chi connectivity index (χ3v) is 7.98. The van der Waals surface area contributed by atoms with Crippen LogP contribution in [-0.2, 0) is 9.59 Å². The van der Waals surface area contributed by atoms with Crippen molar-refractivity contribution < 1.29 is 14.4 Å². The highest BCUT2D eigenvalue weighted by Gasteiger charge is 2.18. The third kappa shape index (κ3) is 8.59. The molecule has 1 unspecified atom stereocenters. The number of rotatable bonds is 10. The van der Waals surface area contributed by atoms with Crippen LogP contribution in [0.15, 0.2) is 108 Å². The zero-order valence-corrected chi connectivity index (χ0v) is 25.8.